The van der Waals surface area contributed by atoms with E-state index >= 15 is 0 Å². The summed E-state index contributed by atoms with van der Waals surface area (Å²) in [5, 5.41) is 3.39. The van der Waals surface area contributed by atoms with Crippen molar-refractivity contribution in [3.63, 3.8) is 0 Å². The van der Waals surface area contributed by atoms with Crippen molar-refractivity contribution in [3.8, 4) is 0 Å². The van der Waals surface area contributed by atoms with Crippen molar-refractivity contribution in [2.75, 3.05) is 25.0 Å². The molecule has 0 aliphatic heterocycles. The Morgan fingerprint density at radius 3 is 2.58 bits per heavy atom. The van der Waals surface area contributed by atoms with Crippen molar-refractivity contribution in [1.82, 2.24) is 10.3 Å². The minimum atomic E-state index is 0.734. The highest BCUT2D eigenvalue weighted by Gasteiger charge is 2.07. The van der Waals surface area contributed by atoms with E-state index in [2.05, 4.69) is 57.1 Å². The fraction of sp³-hybridized carbons (Fsp3) is 0.688. The number of nitrogens with zero attached hydrogens (tertiary/aromatic N) is 2. The van der Waals surface area contributed by atoms with E-state index in [0.717, 1.165) is 37.8 Å². The molecule has 1 aromatic rings. The van der Waals surface area contributed by atoms with Gasteiger partial charge < -0.3 is 10.2 Å². The molecule has 3 heteroatoms. The smallest absolute Gasteiger partial charge is 0.128 e. The van der Waals surface area contributed by atoms with Gasteiger partial charge >= 0.3 is 0 Å². The quantitative estimate of drug-likeness (QED) is 0.780. The van der Waals surface area contributed by atoms with Gasteiger partial charge in [-0.2, -0.15) is 0 Å². The number of rotatable bonds is 8. The lowest BCUT2D eigenvalue weighted by Gasteiger charge is -2.21. The molecule has 0 bridgehead atoms. The summed E-state index contributed by atoms with van der Waals surface area (Å²) in [6, 6.07) is 4.42. The standard InChI is InChI=1S/C16H29N3/c1-6-15-10-14(12-17-7-2)11-16(18-15)19(5)9-8-13(3)4/h10-11,13,17H,6-9,12H2,1-5H3. The van der Waals surface area contributed by atoms with Gasteiger partial charge in [-0.1, -0.05) is 27.7 Å². The van der Waals surface area contributed by atoms with Gasteiger partial charge in [0.05, 0.1) is 0 Å². The molecular weight excluding hydrogens is 234 g/mol. The summed E-state index contributed by atoms with van der Waals surface area (Å²) >= 11 is 0. The average Bonchev–Trinajstić information content (AvgIpc) is 2.41. The Bertz CT molecular complexity index is 374. The maximum atomic E-state index is 4.74. The molecule has 0 amide bonds. The highest BCUT2D eigenvalue weighted by Crippen LogP contribution is 2.16. The van der Waals surface area contributed by atoms with E-state index in [1.807, 2.05) is 0 Å². The Morgan fingerprint density at radius 2 is 2.00 bits per heavy atom. The van der Waals surface area contributed by atoms with Crippen molar-refractivity contribution < 1.29 is 0 Å². The SMILES string of the molecule is CCNCc1cc(CC)nc(N(C)CCC(C)C)c1. The monoisotopic (exact) mass is 263 g/mol. The van der Waals surface area contributed by atoms with Crippen LogP contribution >= 0.6 is 0 Å². The van der Waals surface area contributed by atoms with Crippen LogP contribution in [0.15, 0.2) is 12.1 Å². The molecule has 1 heterocycles. The van der Waals surface area contributed by atoms with E-state index in [9.17, 15) is 0 Å². The van der Waals surface area contributed by atoms with Crippen LogP contribution in [-0.2, 0) is 13.0 Å². The van der Waals surface area contributed by atoms with Crippen LogP contribution in [0.2, 0.25) is 0 Å². The highest BCUT2D eigenvalue weighted by molar-refractivity contribution is 5.42. The third-order valence-electron chi connectivity index (χ3n) is 3.30. The first-order valence-electron chi connectivity index (χ1n) is 7.48. The van der Waals surface area contributed by atoms with Crippen LogP contribution in [0.3, 0.4) is 0 Å². The molecule has 0 saturated heterocycles. The largest absolute Gasteiger partial charge is 0.360 e. The molecule has 0 spiro atoms. The van der Waals surface area contributed by atoms with Crippen molar-refractivity contribution in [3.05, 3.63) is 23.4 Å². The lowest BCUT2D eigenvalue weighted by Crippen LogP contribution is -2.22. The zero-order valence-electron chi connectivity index (χ0n) is 13.2. The summed E-state index contributed by atoms with van der Waals surface area (Å²) in [7, 11) is 2.14. The highest BCUT2D eigenvalue weighted by atomic mass is 15.2. The first-order chi connectivity index (χ1) is 9.06. The number of hydrogen-bond acceptors (Lipinski definition) is 3. The summed E-state index contributed by atoms with van der Waals surface area (Å²) in [4.78, 5) is 7.01. The van der Waals surface area contributed by atoms with E-state index in [-0.39, 0.29) is 0 Å². The number of aromatic nitrogens is 1. The molecule has 0 aliphatic carbocycles. The molecule has 0 aromatic carbocycles. The van der Waals surface area contributed by atoms with Crippen molar-refractivity contribution in [2.45, 2.75) is 47.1 Å². The van der Waals surface area contributed by atoms with Crippen LogP contribution in [0.25, 0.3) is 0 Å². The Morgan fingerprint density at radius 1 is 1.26 bits per heavy atom. The van der Waals surface area contributed by atoms with Gasteiger partial charge in [-0.05, 0) is 43.0 Å². The molecule has 19 heavy (non-hydrogen) atoms. The maximum Gasteiger partial charge on any atom is 0.128 e. The first-order valence-corrected chi connectivity index (χ1v) is 7.48. The molecule has 1 aromatic heterocycles. The predicted octanol–water partition coefficient (Wildman–Crippen LogP) is 3.24. The molecule has 0 fully saturated rings. The molecular formula is C16H29N3. The Kier molecular flexibility index (Phi) is 6.85. The van der Waals surface area contributed by atoms with Crippen LogP contribution in [-0.4, -0.2) is 25.1 Å². The number of pyridine rings is 1. The lowest BCUT2D eigenvalue weighted by molar-refractivity contribution is 0.583. The summed E-state index contributed by atoms with van der Waals surface area (Å²) in [5.74, 6) is 1.84. The molecule has 108 valence electrons. The second kappa shape index (κ2) is 8.16. The number of nitrogens with one attached hydrogen (secondary N) is 1. The summed E-state index contributed by atoms with van der Waals surface area (Å²) < 4.78 is 0. The molecule has 0 unspecified atom stereocenters. The summed E-state index contributed by atoms with van der Waals surface area (Å²) in [6.45, 7) is 11.8. The van der Waals surface area contributed by atoms with Crippen LogP contribution in [0, 0.1) is 5.92 Å². The fourth-order valence-electron chi connectivity index (χ4n) is 1.95. The minimum Gasteiger partial charge on any atom is -0.360 e. The first kappa shape index (κ1) is 16.0. The van der Waals surface area contributed by atoms with Gasteiger partial charge in [0.15, 0.2) is 0 Å². The van der Waals surface area contributed by atoms with E-state index in [1.54, 1.807) is 0 Å². The van der Waals surface area contributed by atoms with Crippen molar-refractivity contribution in [1.29, 1.82) is 0 Å². The number of hydrogen-bond donors (Lipinski definition) is 1. The predicted molar refractivity (Wildman–Crippen MR) is 83.7 cm³/mol. The maximum absolute atomic E-state index is 4.74. The number of anilines is 1. The van der Waals surface area contributed by atoms with Gasteiger partial charge in [0.25, 0.3) is 0 Å². The van der Waals surface area contributed by atoms with Gasteiger partial charge in [-0.25, -0.2) is 4.98 Å². The van der Waals surface area contributed by atoms with Crippen LogP contribution < -0.4 is 10.2 Å². The third kappa shape index (κ3) is 5.60. The third-order valence-corrected chi connectivity index (χ3v) is 3.30. The molecule has 0 aliphatic rings. The lowest BCUT2D eigenvalue weighted by atomic mass is 10.1. The van der Waals surface area contributed by atoms with Gasteiger partial charge in [-0.3, -0.25) is 0 Å². The minimum absolute atomic E-state index is 0.734. The van der Waals surface area contributed by atoms with Crippen LogP contribution in [0.5, 0.6) is 0 Å². The van der Waals surface area contributed by atoms with Crippen LogP contribution in [0.4, 0.5) is 5.82 Å². The fourth-order valence-corrected chi connectivity index (χ4v) is 1.95. The van der Waals surface area contributed by atoms with E-state index in [1.165, 1.54) is 17.7 Å². The van der Waals surface area contributed by atoms with E-state index in [4.69, 9.17) is 4.98 Å². The van der Waals surface area contributed by atoms with E-state index < -0.39 is 0 Å². The van der Waals surface area contributed by atoms with Crippen molar-refractivity contribution >= 4 is 5.82 Å². The van der Waals surface area contributed by atoms with Gasteiger partial charge in [0.1, 0.15) is 5.82 Å². The summed E-state index contributed by atoms with van der Waals surface area (Å²) in [6.07, 6.45) is 2.20. The van der Waals surface area contributed by atoms with Gasteiger partial charge in [-0.15, -0.1) is 0 Å². The zero-order valence-corrected chi connectivity index (χ0v) is 13.2. The number of aryl methyl sites for hydroxylation is 1. The second-order valence-electron chi connectivity index (χ2n) is 5.56. The molecule has 1 N–H and O–H groups in total. The second-order valence-corrected chi connectivity index (χ2v) is 5.56. The molecule has 0 saturated carbocycles. The Labute approximate surface area is 118 Å². The molecule has 0 atom stereocenters. The van der Waals surface area contributed by atoms with Gasteiger partial charge in [0.2, 0.25) is 0 Å². The van der Waals surface area contributed by atoms with Crippen LogP contribution in [0.1, 0.15) is 45.4 Å². The molecule has 3 nitrogen and oxygen atoms in total. The average molecular weight is 263 g/mol. The zero-order chi connectivity index (χ0) is 14.3. The Hall–Kier alpha value is -1.09. The molecule has 1 rings (SSSR count). The Balaban J connectivity index is 2.79. The van der Waals surface area contributed by atoms with Gasteiger partial charge in [0, 0.05) is 25.8 Å². The molecule has 0 radical (unpaired) electrons. The van der Waals surface area contributed by atoms with E-state index in [0.29, 0.717) is 0 Å². The topological polar surface area (TPSA) is 28.2 Å². The normalized spacial score (nSPS) is 11.1. The summed E-state index contributed by atoms with van der Waals surface area (Å²) in [5.41, 5.74) is 2.52. The van der Waals surface area contributed by atoms with Crippen molar-refractivity contribution in [2.24, 2.45) is 5.92 Å².